The molecule has 2 heterocycles. The van der Waals surface area contributed by atoms with Crippen LogP contribution in [0.3, 0.4) is 0 Å². The van der Waals surface area contributed by atoms with Crippen LogP contribution >= 0.6 is 11.6 Å². The molecule has 1 aliphatic heterocycles. The van der Waals surface area contributed by atoms with Gasteiger partial charge in [-0.25, -0.2) is 4.39 Å². The lowest BCUT2D eigenvalue weighted by Crippen LogP contribution is -2.48. The fourth-order valence-corrected chi connectivity index (χ4v) is 4.50. The molecule has 4 nitrogen and oxygen atoms in total. The van der Waals surface area contributed by atoms with Crippen LogP contribution in [0.1, 0.15) is 48.9 Å². The first-order valence-electron chi connectivity index (χ1n) is 9.88. The highest BCUT2D eigenvalue weighted by Crippen LogP contribution is 2.32. The van der Waals surface area contributed by atoms with E-state index in [9.17, 15) is 9.18 Å². The predicted molar refractivity (Wildman–Crippen MR) is 105 cm³/mol. The Hall–Kier alpha value is -1.59. The molecular formula is C21H26ClFN2O2. The minimum Gasteiger partial charge on any atom is -0.374 e. The fourth-order valence-electron chi connectivity index (χ4n) is 4.23. The second kappa shape index (κ2) is 7.80. The van der Waals surface area contributed by atoms with Gasteiger partial charge in [0.05, 0.1) is 35.9 Å². The molecule has 0 atom stereocenters. The molecule has 2 aliphatic rings. The number of alkyl halides is 1. The van der Waals surface area contributed by atoms with Gasteiger partial charge in [0.2, 0.25) is 0 Å². The number of benzene rings is 1. The van der Waals surface area contributed by atoms with E-state index in [1.165, 1.54) is 38.5 Å². The number of aromatic nitrogens is 1. The number of hydrogen-bond donors (Lipinski definition) is 1. The molecule has 2 aromatic rings. The molecule has 1 aliphatic carbocycles. The van der Waals surface area contributed by atoms with Crippen molar-refractivity contribution >= 4 is 28.4 Å². The standard InChI is InChI=1S/C21H26ClFN2O2/c22-17-8-5-9-18-19(17)16(11-25(18)12-21(23)13-27-14-21)20(26)24-10-15-6-3-1-2-4-7-15/h5,8-9,11,15H,1-4,6-7,10,12-14H2,(H,24,26). The van der Waals surface area contributed by atoms with Crippen LogP contribution in [0.25, 0.3) is 10.9 Å². The summed E-state index contributed by atoms with van der Waals surface area (Å²) in [5.74, 6) is 0.412. The number of amides is 1. The summed E-state index contributed by atoms with van der Waals surface area (Å²) < 4.78 is 21.4. The lowest BCUT2D eigenvalue weighted by molar-refractivity contribution is -0.136. The molecule has 146 valence electrons. The second-order valence-electron chi connectivity index (χ2n) is 8.02. The molecule has 1 aromatic heterocycles. The van der Waals surface area contributed by atoms with Crippen molar-refractivity contribution in [1.82, 2.24) is 9.88 Å². The number of carbonyl (C=O) groups excluding carboxylic acids is 1. The third-order valence-corrected chi connectivity index (χ3v) is 6.12. The van der Waals surface area contributed by atoms with Gasteiger partial charge in [0, 0.05) is 18.1 Å². The van der Waals surface area contributed by atoms with Crippen LogP contribution in [0.2, 0.25) is 5.02 Å². The Morgan fingerprint density at radius 1 is 1.26 bits per heavy atom. The molecule has 1 aromatic carbocycles. The van der Waals surface area contributed by atoms with Crippen LogP contribution in [-0.2, 0) is 11.3 Å². The summed E-state index contributed by atoms with van der Waals surface area (Å²) in [5, 5.41) is 4.30. The zero-order valence-corrected chi connectivity index (χ0v) is 16.2. The summed E-state index contributed by atoms with van der Waals surface area (Å²) in [6.45, 7) is 1.05. The van der Waals surface area contributed by atoms with Crippen molar-refractivity contribution in [2.24, 2.45) is 5.92 Å². The SMILES string of the molecule is O=C(NCC1CCCCCC1)c1cn(CC2(F)COC2)c2cccc(Cl)c12. The molecule has 1 saturated heterocycles. The molecule has 0 bridgehead atoms. The highest BCUT2D eigenvalue weighted by atomic mass is 35.5. The van der Waals surface area contributed by atoms with Gasteiger partial charge in [0.25, 0.3) is 5.91 Å². The smallest absolute Gasteiger partial charge is 0.253 e. The quantitative estimate of drug-likeness (QED) is 0.747. The Morgan fingerprint density at radius 3 is 2.67 bits per heavy atom. The number of halogens is 2. The van der Waals surface area contributed by atoms with Crippen molar-refractivity contribution in [3.05, 3.63) is 35.0 Å². The van der Waals surface area contributed by atoms with E-state index >= 15 is 0 Å². The predicted octanol–water partition coefficient (Wildman–Crippen LogP) is 4.73. The number of fused-ring (bicyclic) bond motifs is 1. The molecule has 0 radical (unpaired) electrons. The average molecular weight is 393 g/mol. The number of rotatable bonds is 5. The van der Waals surface area contributed by atoms with Crippen molar-refractivity contribution in [2.75, 3.05) is 19.8 Å². The highest BCUT2D eigenvalue weighted by Gasteiger charge is 2.39. The van der Waals surface area contributed by atoms with Crippen molar-refractivity contribution in [2.45, 2.75) is 50.7 Å². The van der Waals surface area contributed by atoms with E-state index in [0.29, 0.717) is 28.4 Å². The average Bonchev–Trinajstić information content (AvgIpc) is 2.81. The molecule has 0 spiro atoms. The van der Waals surface area contributed by atoms with E-state index in [1.807, 2.05) is 12.1 Å². The van der Waals surface area contributed by atoms with Gasteiger partial charge in [-0.3, -0.25) is 4.79 Å². The monoisotopic (exact) mass is 392 g/mol. The van der Waals surface area contributed by atoms with Gasteiger partial charge in [-0.05, 0) is 30.9 Å². The van der Waals surface area contributed by atoms with Crippen molar-refractivity contribution in [3.8, 4) is 0 Å². The fraction of sp³-hybridized carbons (Fsp3) is 0.571. The van der Waals surface area contributed by atoms with Gasteiger partial charge in [0.15, 0.2) is 5.67 Å². The topological polar surface area (TPSA) is 43.3 Å². The normalized spacial score (nSPS) is 20.2. The molecule has 1 saturated carbocycles. The van der Waals surface area contributed by atoms with E-state index < -0.39 is 5.67 Å². The third kappa shape index (κ3) is 3.99. The maximum atomic E-state index is 14.6. The number of ether oxygens (including phenoxy) is 1. The first-order chi connectivity index (χ1) is 13.1. The van der Waals surface area contributed by atoms with Crippen molar-refractivity contribution < 1.29 is 13.9 Å². The highest BCUT2D eigenvalue weighted by molar-refractivity contribution is 6.36. The maximum absolute atomic E-state index is 14.6. The molecule has 4 rings (SSSR count). The van der Waals surface area contributed by atoms with E-state index in [4.69, 9.17) is 16.3 Å². The number of nitrogens with one attached hydrogen (secondary N) is 1. The summed E-state index contributed by atoms with van der Waals surface area (Å²) in [7, 11) is 0. The molecule has 0 unspecified atom stereocenters. The number of hydrogen-bond acceptors (Lipinski definition) is 2. The Kier molecular flexibility index (Phi) is 5.42. The summed E-state index contributed by atoms with van der Waals surface area (Å²) >= 11 is 6.40. The van der Waals surface area contributed by atoms with Crippen LogP contribution < -0.4 is 5.32 Å². The molecule has 1 amide bonds. The Morgan fingerprint density at radius 2 is 2.00 bits per heavy atom. The van der Waals surface area contributed by atoms with E-state index in [2.05, 4.69) is 5.32 Å². The molecule has 1 N–H and O–H groups in total. The minimum atomic E-state index is -1.37. The van der Waals surface area contributed by atoms with Crippen LogP contribution in [0.4, 0.5) is 4.39 Å². The largest absolute Gasteiger partial charge is 0.374 e. The van der Waals surface area contributed by atoms with Crippen LogP contribution in [-0.4, -0.2) is 35.9 Å². The second-order valence-corrected chi connectivity index (χ2v) is 8.42. The summed E-state index contributed by atoms with van der Waals surface area (Å²) in [4.78, 5) is 12.9. The zero-order chi connectivity index (χ0) is 18.9. The number of carbonyl (C=O) groups is 1. The van der Waals surface area contributed by atoms with Gasteiger partial charge >= 0.3 is 0 Å². The van der Waals surface area contributed by atoms with Crippen molar-refractivity contribution in [3.63, 3.8) is 0 Å². The first-order valence-corrected chi connectivity index (χ1v) is 10.3. The van der Waals surface area contributed by atoms with Gasteiger partial charge < -0.3 is 14.6 Å². The lowest BCUT2D eigenvalue weighted by atomic mass is 10.0. The Bertz CT molecular complexity index is 823. The van der Waals surface area contributed by atoms with Gasteiger partial charge in [0.1, 0.15) is 0 Å². The molecular weight excluding hydrogens is 367 g/mol. The summed E-state index contributed by atoms with van der Waals surface area (Å²) in [6.07, 6.45) is 9.15. The van der Waals surface area contributed by atoms with Gasteiger partial charge in [-0.1, -0.05) is 43.4 Å². The third-order valence-electron chi connectivity index (χ3n) is 5.80. The zero-order valence-electron chi connectivity index (χ0n) is 15.5. The molecule has 2 fully saturated rings. The lowest BCUT2D eigenvalue weighted by Gasteiger charge is -2.34. The summed E-state index contributed by atoms with van der Waals surface area (Å²) in [6, 6.07) is 5.48. The Balaban J connectivity index is 1.55. The van der Waals surface area contributed by atoms with Crippen LogP contribution in [0.5, 0.6) is 0 Å². The first kappa shape index (κ1) is 18.8. The summed E-state index contributed by atoms with van der Waals surface area (Å²) in [5.41, 5.74) is -0.0679. The molecule has 6 heteroatoms. The van der Waals surface area contributed by atoms with E-state index in [-0.39, 0.29) is 25.7 Å². The van der Waals surface area contributed by atoms with Crippen LogP contribution in [0, 0.1) is 5.92 Å². The number of nitrogens with zero attached hydrogens (tertiary/aromatic N) is 1. The maximum Gasteiger partial charge on any atom is 0.253 e. The van der Waals surface area contributed by atoms with E-state index in [0.717, 1.165) is 5.52 Å². The van der Waals surface area contributed by atoms with E-state index in [1.54, 1.807) is 16.8 Å². The minimum absolute atomic E-state index is 0.0937. The van der Waals surface area contributed by atoms with Gasteiger partial charge in [-0.15, -0.1) is 0 Å². The van der Waals surface area contributed by atoms with Gasteiger partial charge in [-0.2, -0.15) is 0 Å². The van der Waals surface area contributed by atoms with Crippen molar-refractivity contribution in [1.29, 1.82) is 0 Å². The Labute approximate surface area is 164 Å². The van der Waals surface area contributed by atoms with Crippen LogP contribution in [0.15, 0.2) is 24.4 Å². The molecule has 27 heavy (non-hydrogen) atoms.